The first-order chi connectivity index (χ1) is 16.0. The van der Waals surface area contributed by atoms with E-state index in [1.807, 2.05) is 65.0 Å². The van der Waals surface area contributed by atoms with Crippen molar-refractivity contribution in [2.24, 2.45) is 5.92 Å². The maximum atomic E-state index is 13.1. The van der Waals surface area contributed by atoms with Gasteiger partial charge in [0.25, 0.3) is 0 Å². The normalized spacial score (nSPS) is 16.3. The van der Waals surface area contributed by atoms with Crippen LogP contribution >= 0.6 is 11.8 Å². The molecule has 0 bridgehead atoms. The van der Waals surface area contributed by atoms with Crippen LogP contribution in [-0.2, 0) is 25.3 Å². The fourth-order valence-corrected chi connectivity index (χ4v) is 5.10. The third kappa shape index (κ3) is 10.8. The van der Waals surface area contributed by atoms with E-state index in [9.17, 15) is 9.90 Å². The van der Waals surface area contributed by atoms with Crippen molar-refractivity contribution in [3.05, 3.63) is 35.9 Å². The highest BCUT2D eigenvalue weighted by Gasteiger charge is 2.45. The molecule has 35 heavy (non-hydrogen) atoms. The Morgan fingerprint density at radius 1 is 1.06 bits per heavy atom. The van der Waals surface area contributed by atoms with Gasteiger partial charge in [0.1, 0.15) is 18.3 Å². The number of thioether (sulfide) groups is 1. The van der Waals surface area contributed by atoms with Crippen LogP contribution in [-0.4, -0.2) is 54.8 Å². The Morgan fingerprint density at radius 2 is 1.63 bits per heavy atom. The van der Waals surface area contributed by atoms with Gasteiger partial charge in [0.05, 0.1) is 6.61 Å². The lowest BCUT2D eigenvalue weighted by Crippen LogP contribution is -2.54. The Labute approximate surface area is 218 Å². The molecular weight excluding hydrogens is 476 g/mol. The van der Waals surface area contributed by atoms with E-state index in [0.29, 0.717) is 0 Å². The fraction of sp³-hybridized carbons (Fsp3) is 0.679. The summed E-state index contributed by atoms with van der Waals surface area (Å²) in [7, 11) is -0.855. The smallest absolute Gasteiger partial charge is 0.220 e. The summed E-state index contributed by atoms with van der Waals surface area (Å²) in [5.41, 5.74) is 0.956. The molecule has 0 fully saturated rings. The topological polar surface area (TPSA) is 65.0 Å². The summed E-state index contributed by atoms with van der Waals surface area (Å²) >= 11 is 1.15. The second kappa shape index (κ2) is 13.4. The van der Waals surface area contributed by atoms with Gasteiger partial charge in [0, 0.05) is 17.8 Å². The van der Waals surface area contributed by atoms with E-state index in [2.05, 4.69) is 45.7 Å². The minimum atomic E-state index is -2.29. The monoisotopic (exact) mass is 522 g/mol. The molecule has 1 aromatic rings. The molecule has 0 aliphatic rings. The third-order valence-corrected chi connectivity index (χ3v) is 11.4. The van der Waals surface area contributed by atoms with Crippen molar-refractivity contribution >= 4 is 25.2 Å². The number of hydrogen-bond donors (Lipinski definition) is 1. The molecule has 0 amide bonds. The zero-order chi connectivity index (χ0) is 27.0. The van der Waals surface area contributed by atoms with Gasteiger partial charge in [-0.15, -0.1) is 0 Å². The average Bonchev–Trinajstić information content (AvgIpc) is 2.70. The fourth-order valence-electron chi connectivity index (χ4n) is 2.96. The Hall–Kier alpha value is -1.14. The SMILES string of the molecule is CO[C@H](C(=O)SC(C)(C)C)[C@H](O)[C@@H](OCc1ccccc1)[C@@H](C#CC(C)C)O[Si](C)(C)C(C)(C)C. The van der Waals surface area contributed by atoms with Gasteiger partial charge in [-0.25, -0.2) is 0 Å². The molecule has 0 saturated carbocycles. The molecule has 1 aromatic carbocycles. The summed E-state index contributed by atoms with van der Waals surface area (Å²) in [4.78, 5) is 13.1. The summed E-state index contributed by atoms with van der Waals surface area (Å²) in [6.07, 6.45) is -3.94. The van der Waals surface area contributed by atoms with E-state index in [0.717, 1.165) is 17.3 Å². The molecule has 0 unspecified atom stereocenters. The standard InChI is InChI=1S/C28H46O5SSi/c1-20(2)17-18-22(33-35(10,11)28(6,7)8)24(32-19-21-15-13-12-14-16-21)23(29)25(31-9)26(30)34-27(3,4)5/h12-16,20,22-25,29H,19H2,1-11H3/t22-,23-,24+,25+/m1/s1. The van der Waals surface area contributed by atoms with E-state index in [4.69, 9.17) is 13.9 Å². The van der Waals surface area contributed by atoms with Gasteiger partial charge < -0.3 is 19.0 Å². The van der Waals surface area contributed by atoms with Crippen molar-refractivity contribution in [1.82, 2.24) is 0 Å². The van der Waals surface area contributed by atoms with Gasteiger partial charge >= 0.3 is 0 Å². The highest BCUT2D eigenvalue weighted by atomic mass is 32.2. The summed E-state index contributed by atoms with van der Waals surface area (Å²) < 4.78 is 18.2. The number of hydrogen-bond acceptors (Lipinski definition) is 6. The van der Waals surface area contributed by atoms with Crippen molar-refractivity contribution < 1.29 is 23.8 Å². The van der Waals surface area contributed by atoms with Crippen molar-refractivity contribution in [1.29, 1.82) is 0 Å². The van der Waals surface area contributed by atoms with Crippen LogP contribution in [0.15, 0.2) is 30.3 Å². The molecule has 0 spiro atoms. The predicted octanol–water partition coefficient (Wildman–Crippen LogP) is 6.06. The molecule has 5 nitrogen and oxygen atoms in total. The molecule has 0 radical (unpaired) electrons. The molecule has 0 saturated heterocycles. The van der Waals surface area contributed by atoms with Crippen LogP contribution in [0, 0.1) is 17.8 Å². The first kappa shape index (κ1) is 31.9. The number of rotatable bonds is 10. The number of methoxy groups -OCH3 is 1. The number of aliphatic hydroxyl groups is 1. The van der Waals surface area contributed by atoms with E-state index >= 15 is 0 Å². The molecule has 1 N–H and O–H groups in total. The average molecular weight is 523 g/mol. The largest absolute Gasteiger partial charge is 0.401 e. The van der Waals surface area contributed by atoms with Gasteiger partial charge in [-0.3, -0.25) is 4.79 Å². The molecule has 0 heterocycles. The summed E-state index contributed by atoms with van der Waals surface area (Å²) in [6.45, 7) is 20.9. The van der Waals surface area contributed by atoms with Gasteiger partial charge in [-0.1, -0.05) is 109 Å². The maximum absolute atomic E-state index is 13.1. The van der Waals surface area contributed by atoms with Crippen LogP contribution in [0.1, 0.15) is 61.0 Å². The Kier molecular flexibility index (Phi) is 12.2. The van der Waals surface area contributed by atoms with E-state index in [-0.39, 0.29) is 27.4 Å². The van der Waals surface area contributed by atoms with Crippen LogP contribution in [0.2, 0.25) is 18.1 Å². The molecule has 1 rings (SSSR count). The number of carbonyl (C=O) groups is 1. The number of carbonyl (C=O) groups excluding carboxylic acids is 1. The summed E-state index contributed by atoms with van der Waals surface area (Å²) in [6, 6.07) is 9.74. The number of benzene rings is 1. The van der Waals surface area contributed by atoms with Crippen molar-refractivity contribution in [3.8, 4) is 11.8 Å². The minimum absolute atomic E-state index is 0.0712. The van der Waals surface area contributed by atoms with Gasteiger partial charge in [-0.05, 0) is 23.7 Å². The molecule has 4 atom stereocenters. The zero-order valence-corrected chi connectivity index (χ0v) is 25.3. The van der Waals surface area contributed by atoms with Gasteiger partial charge in [0.15, 0.2) is 14.4 Å². The molecule has 0 aromatic heterocycles. The van der Waals surface area contributed by atoms with Crippen LogP contribution < -0.4 is 0 Å². The minimum Gasteiger partial charge on any atom is -0.401 e. The Bertz CT molecular complexity index is 846. The molecule has 198 valence electrons. The number of aliphatic hydroxyl groups excluding tert-OH is 1. The van der Waals surface area contributed by atoms with E-state index in [1.54, 1.807) is 0 Å². The lowest BCUT2D eigenvalue weighted by molar-refractivity contribution is -0.147. The second-order valence-corrected chi connectivity index (χ2v) is 18.3. The first-order valence-corrected chi connectivity index (χ1v) is 16.0. The van der Waals surface area contributed by atoms with Crippen LogP contribution in [0.25, 0.3) is 0 Å². The van der Waals surface area contributed by atoms with Gasteiger partial charge in [0.2, 0.25) is 5.12 Å². The second-order valence-electron chi connectivity index (χ2n) is 11.7. The maximum Gasteiger partial charge on any atom is 0.220 e. The van der Waals surface area contributed by atoms with Crippen molar-refractivity contribution in [2.75, 3.05) is 7.11 Å². The molecular formula is C28H46O5SSi. The van der Waals surface area contributed by atoms with Crippen molar-refractivity contribution in [3.63, 3.8) is 0 Å². The van der Waals surface area contributed by atoms with Gasteiger partial charge in [-0.2, -0.15) is 0 Å². The molecule has 7 heteroatoms. The summed E-state index contributed by atoms with van der Waals surface area (Å²) in [5, 5.41) is 11.2. The van der Waals surface area contributed by atoms with Crippen LogP contribution in [0.3, 0.4) is 0 Å². The number of ether oxygens (including phenoxy) is 2. The highest BCUT2D eigenvalue weighted by molar-refractivity contribution is 8.14. The Morgan fingerprint density at radius 3 is 2.09 bits per heavy atom. The lowest BCUT2D eigenvalue weighted by atomic mass is 10.0. The van der Waals surface area contributed by atoms with E-state index in [1.165, 1.54) is 7.11 Å². The van der Waals surface area contributed by atoms with Crippen LogP contribution in [0.4, 0.5) is 0 Å². The quantitative estimate of drug-likeness (QED) is 0.298. The summed E-state index contributed by atoms with van der Waals surface area (Å²) in [5.74, 6) is 6.55. The van der Waals surface area contributed by atoms with E-state index < -0.39 is 32.7 Å². The lowest BCUT2D eigenvalue weighted by Gasteiger charge is -2.41. The third-order valence-electron chi connectivity index (χ3n) is 5.87. The predicted molar refractivity (Wildman–Crippen MR) is 149 cm³/mol. The molecule has 0 aliphatic heterocycles. The first-order valence-electron chi connectivity index (χ1n) is 12.3. The highest BCUT2D eigenvalue weighted by Crippen LogP contribution is 2.38. The van der Waals surface area contributed by atoms with Crippen LogP contribution in [0.5, 0.6) is 0 Å². The zero-order valence-electron chi connectivity index (χ0n) is 23.5. The van der Waals surface area contributed by atoms with Crippen molar-refractivity contribution in [2.45, 2.75) is 109 Å². The Balaban J connectivity index is 3.45. The molecule has 0 aliphatic carbocycles.